The van der Waals surface area contributed by atoms with Crippen LogP contribution in [0.1, 0.15) is 290 Å². The molecule has 0 aromatic rings. The Morgan fingerprint density at radius 1 is 0.312 bits per heavy atom. The van der Waals surface area contributed by atoms with Gasteiger partial charge in [0, 0.05) is 19.3 Å². The zero-order valence-corrected chi connectivity index (χ0v) is 59.9. The van der Waals surface area contributed by atoms with E-state index in [1.165, 1.54) is 83.5 Å². The Morgan fingerprint density at radius 3 is 0.946 bits per heavy atom. The summed E-state index contributed by atoms with van der Waals surface area (Å²) < 4.78 is 60.9. The number of allylic oxidation sites excluding steroid dienone is 18. The van der Waals surface area contributed by atoms with E-state index in [4.69, 9.17) is 32.3 Å². The number of hydrogen-bond acceptors (Lipinski definition) is 14. The molecule has 5 atom stereocenters. The number of carbonyl (C=O) groups is 3. The van der Waals surface area contributed by atoms with E-state index < -0.39 is 91.5 Å². The number of ether oxygens (including phenoxy) is 3. The Morgan fingerprint density at radius 2 is 0.591 bits per heavy atom. The van der Waals surface area contributed by atoms with Gasteiger partial charge in [-0.1, -0.05) is 259 Å². The van der Waals surface area contributed by atoms with Gasteiger partial charge in [-0.3, -0.25) is 32.5 Å². The maximum absolute atomic E-state index is 12.9. The molecule has 0 saturated heterocycles. The zero-order chi connectivity index (χ0) is 68.1. The molecule has 0 aliphatic rings. The highest BCUT2D eigenvalue weighted by Gasteiger charge is 2.29. The van der Waals surface area contributed by atoms with Crippen molar-refractivity contribution in [1.82, 2.24) is 0 Å². The SMILES string of the molecule is CC/C=C\C/C=C\C/C=C\CCCCCCCC(=O)OCC(COP(=O)(O)OCC(O)COP(=O)(O)OCC(O)COC(=O)CCCCCCCCCCCCCCC/C=C\C/C=C\C/C=C\C/C=C\CCCCC)OC(=O)CCCCCCC/C=C\C/C=C\CCC. The molecule has 536 valence electrons. The van der Waals surface area contributed by atoms with Gasteiger partial charge in [-0.2, -0.15) is 0 Å². The van der Waals surface area contributed by atoms with Crippen LogP contribution in [-0.4, -0.2) is 95.9 Å². The van der Waals surface area contributed by atoms with Crippen molar-refractivity contribution in [2.45, 2.75) is 309 Å². The summed E-state index contributed by atoms with van der Waals surface area (Å²) in [5, 5.41) is 20.6. The third-order valence-electron chi connectivity index (χ3n) is 14.9. The number of aliphatic hydroxyl groups is 2. The number of unbranched alkanes of at least 4 members (excludes halogenated alkanes) is 27. The second kappa shape index (κ2) is 68.2. The predicted molar refractivity (Wildman–Crippen MR) is 380 cm³/mol. The summed E-state index contributed by atoms with van der Waals surface area (Å²) in [7, 11) is -9.78. The van der Waals surface area contributed by atoms with Crippen LogP contribution in [0.25, 0.3) is 0 Å². The summed E-state index contributed by atoms with van der Waals surface area (Å²) in [6, 6.07) is 0. The zero-order valence-electron chi connectivity index (χ0n) is 58.1. The van der Waals surface area contributed by atoms with Gasteiger partial charge in [0.15, 0.2) is 6.10 Å². The largest absolute Gasteiger partial charge is 0.472 e. The van der Waals surface area contributed by atoms with Crippen molar-refractivity contribution in [3.05, 3.63) is 109 Å². The van der Waals surface area contributed by atoms with Crippen molar-refractivity contribution in [3.8, 4) is 0 Å². The molecule has 0 amide bonds. The summed E-state index contributed by atoms with van der Waals surface area (Å²) in [4.78, 5) is 58.4. The van der Waals surface area contributed by atoms with Crippen molar-refractivity contribution in [1.29, 1.82) is 0 Å². The third kappa shape index (κ3) is 69.4. The Bertz CT molecular complexity index is 2130. The van der Waals surface area contributed by atoms with E-state index in [0.717, 1.165) is 148 Å². The van der Waals surface area contributed by atoms with Gasteiger partial charge >= 0.3 is 33.6 Å². The first kappa shape index (κ1) is 89.2. The fraction of sp³-hybridized carbons (Fsp3) is 0.720. The number of phosphoric ester groups is 2. The van der Waals surface area contributed by atoms with Gasteiger partial charge in [0.2, 0.25) is 0 Å². The smallest absolute Gasteiger partial charge is 0.463 e. The minimum absolute atomic E-state index is 0.0831. The van der Waals surface area contributed by atoms with Crippen molar-refractivity contribution < 1.29 is 75.8 Å². The fourth-order valence-corrected chi connectivity index (χ4v) is 11.0. The monoisotopic (exact) mass is 1350 g/mol. The summed E-state index contributed by atoms with van der Waals surface area (Å²) in [5.41, 5.74) is 0. The van der Waals surface area contributed by atoms with Crippen LogP contribution in [0.4, 0.5) is 0 Å². The van der Waals surface area contributed by atoms with E-state index >= 15 is 0 Å². The van der Waals surface area contributed by atoms with Crippen LogP contribution in [0.3, 0.4) is 0 Å². The lowest BCUT2D eigenvalue weighted by molar-refractivity contribution is -0.161. The second-order valence-corrected chi connectivity index (χ2v) is 26.9. The van der Waals surface area contributed by atoms with E-state index in [0.29, 0.717) is 19.3 Å². The van der Waals surface area contributed by atoms with E-state index in [1.54, 1.807) is 0 Å². The molecule has 93 heavy (non-hydrogen) atoms. The molecule has 4 N–H and O–H groups in total. The first-order valence-corrected chi connectivity index (χ1v) is 39.2. The minimum Gasteiger partial charge on any atom is -0.463 e. The molecule has 0 rings (SSSR count). The number of carbonyl (C=O) groups excluding carboxylic acids is 3. The number of aliphatic hydroxyl groups excluding tert-OH is 2. The van der Waals surface area contributed by atoms with E-state index in [1.807, 2.05) is 0 Å². The lowest BCUT2D eigenvalue weighted by Gasteiger charge is -2.21. The van der Waals surface area contributed by atoms with Gasteiger partial charge in [-0.05, 0) is 122 Å². The average Bonchev–Trinajstić information content (AvgIpc) is 3.75. The summed E-state index contributed by atoms with van der Waals surface area (Å²) in [6.45, 7) is 2.43. The summed E-state index contributed by atoms with van der Waals surface area (Å²) in [5.74, 6) is -1.61. The molecular weight excluding hydrogens is 1220 g/mol. The van der Waals surface area contributed by atoms with Crippen molar-refractivity contribution in [2.75, 3.05) is 39.6 Å². The Labute approximate surface area is 564 Å². The van der Waals surface area contributed by atoms with Crippen molar-refractivity contribution in [3.63, 3.8) is 0 Å². The Hall–Kier alpha value is -3.79. The van der Waals surface area contributed by atoms with E-state index in [9.17, 15) is 43.5 Å². The van der Waals surface area contributed by atoms with Crippen molar-refractivity contribution >= 4 is 33.6 Å². The molecule has 0 aliphatic carbocycles. The molecule has 0 radical (unpaired) electrons. The lowest BCUT2D eigenvalue weighted by atomic mass is 10.0. The maximum atomic E-state index is 12.9. The van der Waals surface area contributed by atoms with Gasteiger partial charge in [0.1, 0.15) is 25.4 Å². The van der Waals surface area contributed by atoms with Crippen LogP contribution in [0, 0.1) is 0 Å². The molecule has 0 aromatic heterocycles. The highest BCUT2D eigenvalue weighted by molar-refractivity contribution is 7.47. The van der Waals surface area contributed by atoms with E-state index in [2.05, 4.69) is 130 Å². The first-order valence-electron chi connectivity index (χ1n) is 36.2. The Kier molecular flexibility index (Phi) is 65.4. The van der Waals surface area contributed by atoms with Crippen LogP contribution in [0.2, 0.25) is 0 Å². The maximum Gasteiger partial charge on any atom is 0.472 e. The van der Waals surface area contributed by atoms with Gasteiger partial charge in [0.05, 0.1) is 26.4 Å². The molecule has 0 bridgehead atoms. The average molecular weight is 1350 g/mol. The minimum atomic E-state index is -4.93. The van der Waals surface area contributed by atoms with E-state index in [-0.39, 0.29) is 19.3 Å². The molecule has 0 heterocycles. The van der Waals surface area contributed by atoms with Gasteiger partial charge in [-0.15, -0.1) is 0 Å². The van der Waals surface area contributed by atoms with Gasteiger partial charge < -0.3 is 34.2 Å². The number of rotatable bonds is 68. The van der Waals surface area contributed by atoms with Crippen LogP contribution < -0.4 is 0 Å². The summed E-state index contributed by atoms with van der Waals surface area (Å²) in [6.07, 6.45) is 77.3. The molecule has 16 nitrogen and oxygen atoms in total. The molecule has 0 spiro atoms. The predicted octanol–water partition coefficient (Wildman–Crippen LogP) is 20.4. The standard InChI is InChI=1S/C75H130O16P2/c1-4-7-10-13-16-19-22-25-27-28-29-30-31-32-33-34-35-36-37-38-39-40-42-45-46-49-52-55-58-61-73(78)85-64-70(76)65-87-92(81,82)88-66-71(77)67-89-93(83,84)90-69-72(91-75(80)63-60-57-54-51-48-43-24-21-18-15-12-9-6-3)68-86-74(79)62-59-56-53-50-47-44-41-26-23-20-17-14-11-8-5-2/h8,11-12,15-17,19-21,24-27,29-30,32-33,41,70-72,76-77H,4-7,9-10,13-14,18,22-23,28,31,34-40,42-69H2,1-3H3,(H,81,82)(H,83,84)/b11-8-,15-12-,19-16-,20-17-,24-21-,27-25-,30-29-,33-32-,41-26-. The van der Waals surface area contributed by atoms with Gasteiger partial charge in [-0.25, -0.2) is 9.13 Å². The fourth-order valence-electron chi connectivity index (χ4n) is 9.43. The Balaban J connectivity index is 4.45. The highest BCUT2D eigenvalue weighted by Crippen LogP contribution is 2.45. The molecule has 0 saturated carbocycles. The summed E-state index contributed by atoms with van der Waals surface area (Å²) >= 11 is 0. The second-order valence-electron chi connectivity index (χ2n) is 24.0. The lowest BCUT2D eigenvalue weighted by Crippen LogP contribution is -2.30. The van der Waals surface area contributed by atoms with Crippen LogP contribution in [0.15, 0.2) is 109 Å². The van der Waals surface area contributed by atoms with Crippen LogP contribution in [0.5, 0.6) is 0 Å². The number of phosphoric acid groups is 2. The molecule has 0 aliphatic heterocycles. The van der Waals surface area contributed by atoms with Crippen LogP contribution >= 0.6 is 15.6 Å². The van der Waals surface area contributed by atoms with Crippen molar-refractivity contribution in [2.24, 2.45) is 0 Å². The molecule has 5 unspecified atom stereocenters. The number of esters is 3. The molecule has 0 aromatic carbocycles. The highest BCUT2D eigenvalue weighted by atomic mass is 31.2. The number of hydrogen-bond donors (Lipinski definition) is 4. The third-order valence-corrected chi connectivity index (χ3v) is 16.8. The molecular formula is C75H130O16P2. The van der Waals surface area contributed by atoms with Crippen LogP contribution in [-0.2, 0) is 55.8 Å². The molecule has 0 fully saturated rings. The normalized spacial score (nSPS) is 14.8. The molecule has 18 heteroatoms. The topological polar surface area (TPSA) is 231 Å². The van der Waals surface area contributed by atoms with Gasteiger partial charge in [0.25, 0.3) is 0 Å². The first-order chi connectivity index (χ1) is 45.2. The quantitative estimate of drug-likeness (QED) is 0.0146.